The zero-order valence-electron chi connectivity index (χ0n) is 10.3. The van der Waals surface area contributed by atoms with Crippen molar-refractivity contribution < 1.29 is 0 Å². The third kappa shape index (κ3) is 3.05. The molecule has 94 valence electrons. The van der Waals surface area contributed by atoms with Gasteiger partial charge >= 0.3 is 0 Å². The Morgan fingerprint density at radius 2 is 2.24 bits per heavy atom. The van der Waals surface area contributed by atoms with Crippen LogP contribution >= 0.6 is 23.2 Å². The first-order valence-electron chi connectivity index (χ1n) is 6.09. The predicted molar refractivity (Wildman–Crippen MR) is 72.9 cm³/mol. The number of hydrogen-bond donors (Lipinski definition) is 0. The van der Waals surface area contributed by atoms with E-state index in [1.165, 1.54) is 18.4 Å². The van der Waals surface area contributed by atoms with Crippen LogP contribution in [0.3, 0.4) is 0 Å². The van der Waals surface area contributed by atoms with Crippen molar-refractivity contribution in [2.75, 3.05) is 0 Å². The molecule has 1 aromatic rings. The van der Waals surface area contributed by atoms with Gasteiger partial charge in [0.2, 0.25) is 0 Å². The molecule has 1 aromatic heterocycles. The lowest BCUT2D eigenvalue weighted by Gasteiger charge is -2.06. The van der Waals surface area contributed by atoms with Crippen LogP contribution in [-0.4, -0.2) is 15.2 Å². The summed E-state index contributed by atoms with van der Waals surface area (Å²) >= 11 is 12.5. The third-order valence-corrected chi connectivity index (χ3v) is 4.13. The molecule has 0 spiro atoms. The summed E-state index contributed by atoms with van der Waals surface area (Å²) in [6.07, 6.45) is 7.76. The number of aromatic nitrogens is 2. The summed E-state index contributed by atoms with van der Waals surface area (Å²) in [4.78, 5) is 0. The second kappa shape index (κ2) is 5.45. The molecule has 17 heavy (non-hydrogen) atoms. The molecule has 0 fully saturated rings. The molecule has 0 saturated heterocycles. The standard InChI is InChI=1S/C13H18Cl2N2/c1-9-12(13(15)17(2)16-9)8-10-5-3-4-6-11(14)7-10/h7,11H,3-6,8H2,1-2H3. The van der Waals surface area contributed by atoms with Gasteiger partial charge in [0.25, 0.3) is 0 Å². The first-order valence-corrected chi connectivity index (χ1v) is 6.91. The molecular formula is C13H18Cl2N2. The van der Waals surface area contributed by atoms with Crippen molar-refractivity contribution in [2.45, 2.75) is 44.4 Å². The highest BCUT2D eigenvalue weighted by atomic mass is 35.5. The molecule has 1 aliphatic carbocycles. The molecule has 4 heteroatoms. The summed E-state index contributed by atoms with van der Waals surface area (Å²) in [5, 5.41) is 5.28. The molecule has 1 heterocycles. The van der Waals surface area contributed by atoms with E-state index in [0.29, 0.717) is 0 Å². The fourth-order valence-corrected chi connectivity index (χ4v) is 2.94. The number of nitrogens with zero attached hydrogens (tertiary/aromatic N) is 2. The molecule has 1 atom stereocenters. The van der Waals surface area contributed by atoms with Gasteiger partial charge in [-0.3, -0.25) is 4.68 Å². The van der Waals surface area contributed by atoms with Crippen molar-refractivity contribution >= 4 is 23.2 Å². The molecule has 0 aliphatic heterocycles. The van der Waals surface area contributed by atoms with Gasteiger partial charge in [0, 0.05) is 12.6 Å². The molecule has 2 nitrogen and oxygen atoms in total. The maximum absolute atomic E-state index is 6.25. The number of hydrogen-bond acceptors (Lipinski definition) is 1. The molecule has 2 rings (SSSR count). The van der Waals surface area contributed by atoms with Crippen LogP contribution in [-0.2, 0) is 13.5 Å². The number of halogens is 2. The van der Waals surface area contributed by atoms with Crippen LogP contribution in [0, 0.1) is 6.92 Å². The predicted octanol–water partition coefficient (Wildman–Crippen LogP) is 4.03. The maximum atomic E-state index is 6.25. The summed E-state index contributed by atoms with van der Waals surface area (Å²) in [5.41, 5.74) is 3.57. The van der Waals surface area contributed by atoms with E-state index in [0.717, 1.165) is 35.7 Å². The lowest BCUT2D eigenvalue weighted by molar-refractivity contribution is 0.709. The van der Waals surface area contributed by atoms with E-state index in [9.17, 15) is 0 Å². The Labute approximate surface area is 113 Å². The third-order valence-electron chi connectivity index (χ3n) is 3.32. The Hall–Kier alpha value is -0.470. The highest BCUT2D eigenvalue weighted by Crippen LogP contribution is 2.27. The van der Waals surface area contributed by atoms with E-state index in [1.54, 1.807) is 4.68 Å². The quantitative estimate of drug-likeness (QED) is 0.587. The minimum absolute atomic E-state index is 0.184. The molecule has 0 bridgehead atoms. The number of rotatable bonds is 2. The Morgan fingerprint density at radius 1 is 1.47 bits per heavy atom. The monoisotopic (exact) mass is 272 g/mol. The minimum Gasteiger partial charge on any atom is -0.257 e. The van der Waals surface area contributed by atoms with Crippen LogP contribution in [0.4, 0.5) is 0 Å². The van der Waals surface area contributed by atoms with Gasteiger partial charge in [0.1, 0.15) is 5.15 Å². The van der Waals surface area contributed by atoms with E-state index in [-0.39, 0.29) is 5.38 Å². The highest BCUT2D eigenvalue weighted by Gasteiger charge is 2.15. The second-order valence-corrected chi connectivity index (χ2v) is 5.66. The molecule has 1 unspecified atom stereocenters. The zero-order chi connectivity index (χ0) is 12.4. The van der Waals surface area contributed by atoms with Crippen LogP contribution in [0.2, 0.25) is 5.15 Å². The normalized spacial score (nSPS) is 21.2. The Balaban J connectivity index is 2.19. The van der Waals surface area contributed by atoms with Crippen LogP contribution in [0.25, 0.3) is 0 Å². The van der Waals surface area contributed by atoms with Crippen LogP contribution in [0.1, 0.15) is 36.9 Å². The lowest BCUT2D eigenvalue weighted by Crippen LogP contribution is -1.96. The summed E-state index contributed by atoms with van der Waals surface area (Å²) in [6, 6.07) is 0. The smallest absolute Gasteiger partial charge is 0.130 e. The van der Waals surface area contributed by atoms with E-state index >= 15 is 0 Å². The molecule has 0 amide bonds. The SMILES string of the molecule is Cc1nn(C)c(Cl)c1CC1=CC(Cl)CCCC1. The molecular weight excluding hydrogens is 255 g/mol. The fraction of sp³-hybridized carbons (Fsp3) is 0.615. The Kier molecular flexibility index (Phi) is 4.16. The average Bonchev–Trinajstić information content (AvgIpc) is 2.46. The van der Waals surface area contributed by atoms with Gasteiger partial charge in [0.15, 0.2) is 0 Å². The summed E-state index contributed by atoms with van der Waals surface area (Å²) in [7, 11) is 1.88. The summed E-state index contributed by atoms with van der Waals surface area (Å²) in [5.74, 6) is 0. The van der Waals surface area contributed by atoms with Gasteiger partial charge in [-0.05, 0) is 32.6 Å². The summed E-state index contributed by atoms with van der Waals surface area (Å²) in [6.45, 7) is 2.01. The molecule has 0 saturated carbocycles. The molecule has 0 radical (unpaired) electrons. The van der Waals surface area contributed by atoms with Crippen LogP contribution < -0.4 is 0 Å². The molecule has 1 aliphatic rings. The first kappa shape index (κ1) is 13.0. The van der Waals surface area contributed by atoms with E-state index < -0.39 is 0 Å². The van der Waals surface area contributed by atoms with Gasteiger partial charge in [-0.15, -0.1) is 11.6 Å². The Morgan fingerprint density at radius 3 is 2.88 bits per heavy atom. The van der Waals surface area contributed by atoms with Gasteiger partial charge < -0.3 is 0 Å². The average molecular weight is 273 g/mol. The lowest BCUT2D eigenvalue weighted by atomic mass is 10.0. The van der Waals surface area contributed by atoms with Crippen molar-refractivity contribution in [2.24, 2.45) is 7.05 Å². The maximum Gasteiger partial charge on any atom is 0.130 e. The second-order valence-electron chi connectivity index (χ2n) is 4.74. The van der Waals surface area contributed by atoms with Gasteiger partial charge in [-0.1, -0.05) is 29.7 Å². The van der Waals surface area contributed by atoms with E-state index in [2.05, 4.69) is 11.2 Å². The molecule has 0 aromatic carbocycles. The van der Waals surface area contributed by atoms with Crippen molar-refractivity contribution in [3.8, 4) is 0 Å². The zero-order valence-corrected chi connectivity index (χ0v) is 11.9. The van der Waals surface area contributed by atoms with Crippen molar-refractivity contribution in [1.29, 1.82) is 0 Å². The number of allylic oxidation sites excluding steroid dienone is 2. The van der Waals surface area contributed by atoms with Crippen molar-refractivity contribution in [3.05, 3.63) is 28.1 Å². The Bertz CT molecular complexity index is 435. The fourth-order valence-electron chi connectivity index (χ4n) is 2.36. The van der Waals surface area contributed by atoms with Gasteiger partial charge in [-0.25, -0.2) is 0 Å². The molecule has 0 N–H and O–H groups in total. The van der Waals surface area contributed by atoms with Crippen LogP contribution in [0.15, 0.2) is 11.6 Å². The van der Waals surface area contributed by atoms with E-state index in [4.69, 9.17) is 23.2 Å². The summed E-state index contributed by atoms with van der Waals surface area (Å²) < 4.78 is 1.74. The first-order chi connectivity index (χ1) is 8.08. The van der Waals surface area contributed by atoms with Crippen LogP contribution in [0.5, 0.6) is 0 Å². The van der Waals surface area contributed by atoms with E-state index in [1.807, 2.05) is 14.0 Å². The van der Waals surface area contributed by atoms with Gasteiger partial charge in [-0.2, -0.15) is 5.10 Å². The highest BCUT2D eigenvalue weighted by molar-refractivity contribution is 6.30. The van der Waals surface area contributed by atoms with Gasteiger partial charge in [0.05, 0.1) is 11.1 Å². The largest absolute Gasteiger partial charge is 0.257 e. The van der Waals surface area contributed by atoms with Crippen molar-refractivity contribution in [3.63, 3.8) is 0 Å². The number of aryl methyl sites for hydroxylation is 2. The number of alkyl halides is 1. The minimum atomic E-state index is 0.184. The van der Waals surface area contributed by atoms with Crippen molar-refractivity contribution in [1.82, 2.24) is 9.78 Å². The topological polar surface area (TPSA) is 17.8 Å².